The van der Waals surface area contributed by atoms with Gasteiger partial charge in [-0.05, 0) is 18.6 Å². The molecular weight excluding hydrogens is 254 g/mol. The van der Waals surface area contributed by atoms with Crippen molar-refractivity contribution in [1.29, 1.82) is 0 Å². The Bertz CT molecular complexity index is 658. The van der Waals surface area contributed by atoms with Crippen molar-refractivity contribution in [2.24, 2.45) is 5.73 Å². The van der Waals surface area contributed by atoms with Gasteiger partial charge in [0.2, 0.25) is 0 Å². The molecule has 1 aromatic carbocycles. The third-order valence-electron chi connectivity index (χ3n) is 3.85. The van der Waals surface area contributed by atoms with Crippen LogP contribution in [-0.4, -0.2) is 39.6 Å². The van der Waals surface area contributed by atoms with E-state index in [0.29, 0.717) is 26.1 Å². The summed E-state index contributed by atoms with van der Waals surface area (Å²) in [4.78, 5) is 17.8. The number of carboxylic acid groups (broad SMARTS) is 1. The van der Waals surface area contributed by atoms with Crippen LogP contribution in [0, 0.1) is 0 Å². The molecule has 2 heterocycles. The number of nitrogens with two attached hydrogens (primary N) is 1. The SMILES string of the molecule is NC1(C(=O)O)CCN(Cc2ccc3ccccc3n2)C1. The van der Waals surface area contributed by atoms with Crippen LogP contribution >= 0.6 is 0 Å². The van der Waals surface area contributed by atoms with Crippen molar-refractivity contribution in [2.75, 3.05) is 13.1 Å². The number of aliphatic carboxylic acids is 1. The molecule has 0 amide bonds. The molecule has 1 unspecified atom stereocenters. The maximum atomic E-state index is 11.1. The minimum atomic E-state index is -1.11. The molecule has 104 valence electrons. The summed E-state index contributed by atoms with van der Waals surface area (Å²) >= 11 is 0. The first-order valence-corrected chi connectivity index (χ1v) is 6.66. The van der Waals surface area contributed by atoms with Crippen LogP contribution in [0.15, 0.2) is 36.4 Å². The predicted octanol–water partition coefficient (Wildman–Crippen LogP) is 1.22. The summed E-state index contributed by atoms with van der Waals surface area (Å²) in [5, 5.41) is 10.2. The fourth-order valence-electron chi connectivity index (χ4n) is 2.65. The molecule has 2 aromatic rings. The number of nitrogens with zero attached hydrogens (tertiary/aromatic N) is 2. The van der Waals surface area contributed by atoms with E-state index in [1.165, 1.54) is 0 Å². The third kappa shape index (κ3) is 2.37. The smallest absolute Gasteiger partial charge is 0.325 e. The molecule has 0 radical (unpaired) electrons. The maximum absolute atomic E-state index is 11.1. The Morgan fingerprint density at radius 3 is 2.90 bits per heavy atom. The number of hydrogen-bond acceptors (Lipinski definition) is 4. The first-order chi connectivity index (χ1) is 9.57. The number of pyridine rings is 1. The molecule has 5 nitrogen and oxygen atoms in total. The van der Waals surface area contributed by atoms with Gasteiger partial charge in [0.05, 0.1) is 11.2 Å². The number of benzene rings is 1. The molecule has 0 saturated carbocycles. The molecule has 1 atom stereocenters. The number of para-hydroxylation sites is 1. The molecule has 1 aliphatic heterocycles. The van der Waals surface area contributed by atoms with Gasteiger partial charge in [0.25, 0.3) is 0 Å². The third-order valence-corrected chi connectivity index (χ3v) is 3.85. The summed E-state index contributed by atoms with van der Waals surface area (Å²) in [6.07, 6.45) is 0.482. The summed E-state index contributed by atoms with van der Waals surface area (Å²) in [6.45, 7) is 1.70. The minimum absolute atomic E-state index is 0.372. The second kappa shape index (κ2) is 4.85. The second-order valence-corrected chi connectivity index (χ2v) is 5.42. The highest BCUT2D eigenvalue weighted by molar-refractivity contribution is 5.79. The van der Waals surface area contributed by atoms with Crippen LogP contribution < -0.4 is 5.73 Å². The Balaban J connectivity index is 1.76. The van der Waals surface area contributed by atoms with Crippen LogP contribution in [0.4, 0.5) is 0 Å². The van der Waals surface area contributed by atoms with Gasteiger partial charge in [0.1, 0.15) is 5.54 Å². The van der Waals surface area contributed by atoms with Gasteiger partial charge in [-0.15, -0.1) is 0 Å². The van der Waals surface area contributed by atoms with Crippen molar-refractivity contribution in [1.82, 2.24) is 9.88 Å². The number of rotatable bonds is 3. The highest BCUT2D eigenvalue weighted by Crippen LogP contribution is 2.21. The molecular formula is C15H17N3O2. The quantitative estimate of drug-likeness (QED) is 0.877. The van der Waals surface area contributed by atoms with E-state index in [1.807, 2.05) is 41.3 Å². The molecule has 20 heavy (non-hydrogen) atoms. The standard InChI is InChI=1S/C15H17N3O2/c16-15(14(19)20)7-8-18(10-15)9-12-6-5-11-3-1-2-4-13(11)17-12/h1-6H,7-10,16H2,(H,19,20). The van der Waals surface area contributed by atoms with Gasteiger partial charge in [0, 0.05) is 25.0 Å². The number of likely N-dealkylation sites (tertiary alicyclic amines) is 1. The Labute approximate surface area is 117 Å². The van der Waals surface area contributed by atoms with E-state index in [2.05, 4.69) is 4.98 Å². The van der Waals surface area contributed by atoms with Crippen LogP contribution in [-0.2, 0) is 11.3 Å². The summed E-state index contributed by atoms with van der Waals surface area (Å²) in [7, 11) is 0. The molecule has 3 rings (SSSR count). The highest BCUT2D eigenvalue weighted by atomic mass is 16.4. The Hall–Kier alpha value is -1.98. The zero-order valence-electron chi connectivity index (χ0n) is 11.1. The van der Waals surface area contributed by atoms with Gasteiger partial charge in [0.15, 0.2) is 0 Å². The number of carbonyl (C=O) groups is 1. The molecule has 1 aromatic heterocycles. The zero-order valence-corrected chi connectivity index (χ0v) is 11.1. The zero-order chi connectivity index (χ0) is 14.2. The maximum Gasteiger partial charge on any atom is 0.325 e. The van der Waals surface area contributed by atoms with Crippen LogP contribution in [0.3, 0.4) is 0 Å². The Kier molecular flexibility index (Phi) is 3.16. The monoisotopic (exact) mass is 271 g/mol. The van der Waals surface area contributed by atoms with Crippen LogP contribution in [0.2, 0.25) is 0 Å². The molecule has 1 aliphatic rings. The molecule has 0 bridgehead atoms. The first kappa shape index (κ1) is 13.0. The Morgan fingerprint density at radius 1 is 1.35 bits per heavy atom. The number of carboxylic acids is 1. The molecule has 0 spiro atoms. The van der Waals surface area contributed by atoms with Crippen molar-refractivity contribution < 1.29 is 9.90 Å². The molecule has 1 saturated heterocycles. The summed E-state index contributed by atoms with van der Waals surface area (Å²) in [5.74, 6) is -0.925. The number of hydrogen-bond donors (Lipinski definition) is 2. The number of fused-ring (bicyclic) bond motifs is 1. The van der Waals surface area contributed by atoms with E-state index in [9.17, 15) is 4.79 Å². The number of aromatic nitrogens is 1. The average molecular weight is 271 g/mol. The molecule has 3 N–H and O–H groups in total. The van der Waals surface area contributed by atoms with Gasteiger partial charge in [-0.25, -0.2) is 0 Å². The minimum Gasteiger partial charge on any atom is -0.480 e. The summed E-state index contributed by atoms with van der Waals surface area (Å²) in [5.41, 5.74) is 6.66. The normalized spacial score (nSPS) is 23.2. The Morgan fingerprint density at radius 2 is 2.15 bits per heavy atom. The van der Waals surface area contributed by atoms with E-state index in [1.54, 1.807) is 0 Å². The van der Waals surface area contributed by atoms with Crippen molar-refractivity contribution in [3.8, 4) is 0 Å². The average Bonchev–Trinajstić information content (AvgIpc) is 2.81. The molecule has 1 fully saturated rings. The van der Waals surface area contributed by atoms with Crippen LogP contribution in [0.25, 0.3) is 10.9 Å². The van der Waals surface area contributed by atoms with E-state index in [0.717, 1.165) is 16.6 Å². The van der Waals surface area contributed by atoms with Crippen molar-refractivity contribution >= 4 is 16.9 Å². The van der Waals surface area contributed by atoms with E-state index >= 15 is 0 Å². The van der Waals surface area contributed by atoms with Gasteiger partial charge in [-0.3, -0.25) is 14.7 Å². The van der Waals surface area contributed by atoms with Gasteiger partial charge >= 0.3 is 5.97 Å². The first-order valence-electron chi connectivity index (χ1n) is 6.66. The van der Waals surface area contributed by atoms with Crippen LogP contribution in [0.1, 0.15) is 12.1 Å². The lowest BCUT2D eigenvalue weighted by Gasteiger charge is -2.19. The van der Waals surface area contributed by atoms with Gasteiger partial charge in [-0.1, -0.05) is 24.3 Å². The second-order valence-electron chi connectivity index (χ2n) is 5.42. The topological polar surface area (TPSA) is 79.5 Å². The highest BCUT2D eigenvalue weighted by Gasteiger charge is 2.41. The van der Waals surface area contributed by atoms with Crippen LogP contribution in [0.5, 0.6) is 0 Å². The fourth-order valence-corrected chi connectivity index (χ4v) is 2.65. The van der Waals surface area contributed by atoms with Crippen molar-refractivity contribution in [3.63, 3.8) is 0 Å². The summed E-state index contributed by atoms with van der Waals surface area (Å²) < 4.78 is 0. The molecule has 0 aliphatic carbocycles. The lowest BCUT2D eigenvalue weighted by molar-refractivity contribution is -0.142. The fraction of sp³-hybridized carbons (Fsp3) is 0.333. The lowest BCUT2D eigenvalue weighted by atomic mass is 10.0. The lowest BCUT2D eigenvalue weighted by Crippen LogP contribution is -2.50. The van der Waals surface area contributed by atoms with E-state index in [-0.39, 0.29) is 0 Å². The largest absolute Gasteiger partial charge is 0.480 e. The van der Waals surface area contributed by atoms with E-state index in [4.69, 9.17) is 10.8 Å². The summed E-state index contributed by atoms with van der Waals surface area (Å²) in [6, 6.07) is 12.0. The predicted molar refractivity (Wildman–Crippen MR) is 76.2 cm³/mol. The van der Waals surface area contributed by atoms with Crippen molar-refractivity contribution in [2.45, 2.75) is 18.5 Å². The molecule has 5 heteroatoms. The van der Waals surface area contributed by atoms with Gasteiger partial charge < -0.3 is 10.8 Å². The van der Waals surface area contributed by atoms with Gasteiger partial charge in [-0.2, -0.15) is 0 Å². The van der Waals surface area contributed by atoms with E-state index < -0.39 is 11.5 Å². The van der Waals surface area contributed by atoms with Crippen molar-refractivity contribution in [3.05, 3.63) is 42.1 Å².